The Morgan fingerprint density at radius 2 is 1.96 bits per heavy atom. The number of rotatable bonds is 6. The van der Waals surface area contributed by atoms with E-state index < -0.39 is 6.09 Å². The second kappa shape index (κ2) is 9.94. The molecule has 0 aliphatic rings. The first-order chi connectivity index (χ1) is 12.5. The van der Waals surface area contributed by atoms with Crippen LogP contribution >= 0.6 is 24.0 Å². The highest BCUT2D eigenvalue weighted by Gasteiger charge is 2.13. The molecule has 3 N–H and O–H groups in total. The SMILES string of the molecule is CCCSc1ccc(C(=N)c2ccccc2)c(NC(=S)NC(=O)OC)c1. The van der Waals surface area contributed by atoms with E-state index in [0.29, 0.717) is 17.0 Å². The Labute approximate surface area is 163 Å². The average molecular weight is 388 g/mol. The predicted molar refractivity (Wildman–Crippen MR) is 112 cm³/mol. The van der Waals surface area contributed by atoms with Gasteiger partial charge >= 0.3 is 6.09 Å². The number of carbonyl (C=O) groups excluding carboxylic acids is 1. The number of ether oxygens (including phenoxy) is 1. The van der Waals surface area contributed by atoms with Crippen LogP contribution in [-0.2, 0) is 4.74 Å². The Kier molecular flexibility index (Phi) is 7.62. The van der Waals surface area contributed by atoms with Crippen LogP contribution in [0.5, 0.6) is 0 Å². The summed E-state index contributed by atoms with van der Waals surface area (Å²) in [7, 11) is 1.27. The number of hydrogen-bond acceptors (Lipinski definition) is 5. The highest BCUT2D eigenvalue weighted by atomic mass is 32.2. The van der Waals surface area contributed by atoms with Crippen molar-refractivity contribution in [2.75, 3.05) is 18.2 Å². The maximum absolute atomic E-state index is 11.4. The molecule has 26 heavy (non-hydrogen) atoms. The quantitative estimate of drug-likeness (QED) is 0.382. The van der Waals surface area contributed by atoms with Crippen LogP contribution in [0.4, 0.5) is 10.5 Å². The molecule has 0 heterocycles. The minimum absolute atomic E-state index is 0.122. The van der Waals surface area contributed by atoms with Gasteiger partial charge in [-0.25, -0.2) is 4.79 Å². The number of anilines is 1. The monoisotopic (exact) mass is 387 g/mol. The third-order valence-corrected chi connectivity index (χ3v) is 4.85. The lowest BCUT2D eigenvalue weighted by Gasteiger charge is -2.15. The number of methoxy groups -OCH3 is 1. The fourth-order valence-electron chi connectivity index (χ4n) is 2.21. The molecule has 0 aromatic heterocycles. The summed E-state index contributed by atoms with van der Waals surface area (Å²) in [4.78, 5) is 12.4. The van der Waals surface area contributed by atoms with Crippen LogP contribution in [0.25, 0.3) is 0 Å². The summed E-state index contributed by atoms with van der Waals surface area (Å²) in [5, 5.41) is 14.1. The summed E-state index contributed by atoms with van der Waals surface area (Å²) < 4.78 is 4.56. The summed E-state index contributed by atoms with van der Waals surface area (Å²) in [5.41, 5.74) is 2.55. The van der Waals surface area contributed by atoms with Crippen molar-refractivity contribution in [2.24, 2.45) is 0 Å². The average Bonchev–Trinajstić information content (AvgIpc) is 2.66. The van der Waals surface area contributed by atoms with E-state index in [1.54, 1.807) is 11.8 Å². The maximum Gasteiger partial charge on any atom is 0.413 e. The molecule has 0 bridgehead atoms. The number of amides is 1. The molecule has 0 atom stereocenters. The van der Waals surface area contributed by atoms with Gasteiger partial charge < -0.3 is 10.1 Å². The highest BCUT2D eigenvalue weighted by molar-refractivity contribution is 7.99. The number of carbonyl (C=O) groups is 1. The second-order valence-electron chi connectivity index (χ2n) is 5.37. The van der Waals surface area contributed by atoms with Gasteiger partial charge in [0.05, 0.1) is 18.5 Å². The maximum atomic E-state index is 11.4. The van der Waals surface area contributed by atoms with Gasteiger partial charge in [0.15, 0.2) is 5.11 Å². The summed E-state index contributed by atoms with van der Waals surface area (Å²) in [6.07, 6.45) is 0.427. The van der Waals surface area contributed by atoms with Crippen molar-refractivity contribution in [3.05, 3.63) is 59.7 Å². The molecule has 0 aliphatic heterocycles. The number of hydrogen-bond donors (Lipinski definition) is 3. The van der Waals surface area contributed by atoms with Crippen molar-refractivity contribution in [3.63, 3.8) is 0 Å². The van der Waals surface area contributed by atoms with Crippen molar-refractivity contribution in [2.45, 2.75) is 18.2 Å². The third kappa shape index (κ3) is 5.57. The van der Waals surface area contributed by atoms with Gasteiger partial charge in [-0.3, -0.25) is 10.7 Å². The van der Waals surface area contributed by atoms with E-state index in [2.05, 4.69) is 22.3 Å². The molecule has 0 aliphatic carbocycles. The molecule has 2 aromatic rings. The third-order valence-electron chi connectivity index (χ3n) is 3.44. The van der Waals surface area contributed by atoms with Gasteiger partial charge in [-0.2, -0.15) is 0 Å². The number of nitrogens with one attached hydrogen (secondary N) is 3. The van der Waals surface area contributed by atoms with Crippen LogP contribution in [-0.4, -0.2) is 29.8 Å². The van der Waals surface area contributed by atoms with Gasteiger partial charge in [0.1, 0.15) is 0 Å². The minimum atomic E-state index is -0.640. The molecule has 0 spiro atoms. The zero-order valence-electron chi connectivity index (χ0n) is 14.7. The predicted octanol–water partition coefficient (Wildman–Crippen LogP) is 4.66. The second-order valence-corrected chi connectivity index (χ2v) is 6.94. The molecule has 5 nitrogen and oxygen atoms in total. The number of alkyl carbamates (subject to hydrolysis) is 1. The number of thiocarbonyl (C=S) groups is 1. The lowest BCUT2D eigenvalue weighted by atomic mass is 10.0. The van der Waals surface area contributed by atoms with Crippen LogP contribution in [0.15, 0.2) is 53.4 Å². The first-order valence-electron chi connectivity index (χ1n) is 8.12. The first-order valence-corrected chi connectivity index (χ1v) is 9.51. The smallest absolute Gasteiger partial charge is 0.413 e. The summed E-state index contributed by atoms with van der Waals surface area (Å²) >= 11 is 6.90. The van der Waals surface area contributed by atoms with Crippen molar-refractivity contribution in [1.29, 1.82) is 5.41 Å². The Morgan fingerprint density at radius 1 is 1.23 bits per heavy atom. The van der Waals surface area contributed by atoms with Gasteiger partial charge in [0.2, 0.25) is 0 Å². The van der Waals surface area contributed by atoms with Gasteiger partial charge in [-0.1, -0.05) is 37.3 Å². The number of thioether (sulfide) groups is 1. The van der Waals surface area contributed by atoms with Crippen LogP contribution in [0.1, 0.15) is 24.5 Å². The molecule has 0 fully saturated rings. The highest BCUT2D eigenvalue weighted by Crippen LogP contribution is 2.27. The molecule has 7 heteroatoms. The standard InChI is InChI=1S/C19H21N3O2S2/c1-3-11-26-14-9-10-15(17(20)13-7-5-4-6-8-13)16(12-14)21-18(25)22-19(23)24-2/h4-10,12,20H,3,11H2,1-2H3,(H2,21,22,23,25). The van der Waals surface area contributed by atoms with E-state index >= 15 is 0 Å². The van der Waals surface area contributed by atoms with E-state index in [-0.39, 0.29) is 5.11 Å². The molecule has 0 unspecified atom stereocenters. The zero-order chi connectivity index (χ0) is 18.9. The van der Waals surface area contributed by atoms with E-state index in [4.69, 9.17) is 17.6 Å². The molecule has 1 amide bonds. The summed E-state index contributed by atoms with van der Waals surface area (Å²) in [6.45, 7) is 2.13. The van der Waals surface area contributed by atoms with E-state index in [1.165, 1.54) is 7.11 Å². The zero-order valence-corrected chi connectivity index (χ0v) is 16.3. The fourth-order valence-corrected chi connectivity index (χ4v) is 3.21. The molecule has 0 saturated carbocycles. The summed E-state index contributed by atoms with van der Waals surface area (Å²) in [5.74, 6) is 1.000. The first kappa shape index (κ1) is 19.9. The summed E-state index contributed by atoms with van der Waals surface area (Å²) in [6, 6.07) is 15.3. The Morgan fingerprint density at radius 3 is 2.62 bits per heavy atom. The van der Waals surface area contributed by atoms with Gasteiger partial charge in [-0.05, 0) is 42.6 Å². The van der Waals surface area contributed by atoms with Crippen LogP contribution < -0.4 is 10.6 Å². The molecule has 0 radical (unpaired) electrons. The van der Waals surface area contributed by atoms with E-state index in [1.807, 2.05) is 48.5 Å². The molecule has 2 rings (SSSR count). The van der Waals surface area contributed by atoms with Crippen LogP contribution in [0.3, 0.4) is 0 Å². The Balaban J connectivity index is 2.32. The fraction of sp³-hybridized carbons (Fsp3) is 0.211. The minimum Gasteiger partial charge on any atom is -0.453 e. The van der Waals surface area contributed by atoms with Crippen molar-refractivity contribution in [3.8, 4) is 0 Å². The van der Waals surface area contributed by atoms with Gasteiger partial charge in [0.25, 0.3) is 0 Å². The lowest BCUT2D eigenvalue weighted by molar-refractivity contribution is 0.177. The topological polar surface area (TPSA) is 74.2 Å². The van der Waals surface area contributed by atoms with Gasteiger partial charge in [0, 0.05) is 16.0 Å². The van der Waals surface area contributed by atoms with E-state index in [9.17, 15) is 4.79 Å². The number of benzene rings is 2. The molecule has 2 aromatic carbocycles. The normalized spacial score (nSPS) is 10.1. The molecular weight excluding hydrogens is 366 g/mol. The van der Waals surface area contributed by atoms with Crippen LogP contribution in [0, 0.1) is 5.41 Å². The lowest BCUT2D eigenvalue weighted by Crippen LogP contribution is -2.34. The van der Waals surface area contributed by atoms with Crippen LogP contribution in [0.2, 0.25) is 0 Å². The van der Waals surface area contributed by atoms with Crippen molar-refractivity contribution < 1.29 is 9.53 Å². The molecular formula is C19H21N3O2S2. The molecule has 0 saturated heterocycles. The Bertz CT molecular complexity index is 795. The van der Waals surface area contributed by atoms with Crippen molar-refractivity contribution >= 4 is 46.6 Å². The van der Waals surface area contributed by atoms with Crippen molar-refractivity contribution in [1.82, 2.24) is 5.32 Å². The Hall–Kier alpha value is -2.38. The largest absolute Gasteiger partial charge is 0.453 e. The van der Waals surface area contributed by atoms with Gasteiger partial charge in [-0.15, -0.1) is 11.8 Å². The molecule has 136 valence electrons. The van der Waals surface area contributed by atoms with E-state index in [0.717, 1.165) is 22.6 Å².